The highest BCUT2D eigenvalue weighted by atomic mass is 16.4. The van der Waals surface area contributed by atoms with E-state index in [1.54, 1.807) is 20.8 Å². The Labute approximate surface area is 126 Å². The van der Waals surface area contributed by atoms with Crippen LogP contribution in [0.15, 0.2) is 0 Å². The van der Waals surface area contributed by atoms with Crippen molar-refractivity contribution in [2.75, 3.05) is 13.1 Å². The lowest BCUT2D eigenvalue weighted by Gasteiger charge is -2.28. The van der Waals surface area contributed by atoms with E-state index in [0.717, 1.165) is 0 Å². The molecule has 0 aliphatic heterocycles. The average molecular weight is 300 g/mol. The Balaban J connectivity index is 4.16. The van der Waals surface area contributed by atoms with Crippen LogP contribution in [0.25, 0.3) is 0 Å². The van der Waals surface area contributed by atoms with Crippen LogP contribution in [0, 0.1) is 17.3 Å². The average Bonchev–Trinajstić information content (AvgIpc) is 2.35. The minimum atomic E-state index is -1.09. The Kier molecular flexibility index (Phi) is 7.99. The van der Waals surface area contributed by atoms with Gasteiger partial charge in [0.15, 0.2) is 0 Å². The Hall–Kier alpha value is -1.59. The Morgan fingerprint density at radius 2 is 1.62 bits per heavy atom. The molecule has 0 aliphatic carbocycles. The fraction of sp³-hybridized carbons (Fsp3) is 0.800. The van der Waals surface area contributed by atoms with Crippen LogP contribution in [0.3, 0.4) is 0 Å². The largest absolute Gasteiger partial charge is 0.481 e. The summed E-state index contributed by atoms with van der Waals surface area (Å²) < 4.78 is 0. The maximum Gasteiger partial charge on any atom is 0.310 e. The molecule has 0 aromatic heterocycles. The summed E-state index contributed by atoms with van der Waals surface area (Å²) in [4.78, 5) is 34.6. The summed E-state index contributed by atoms with van der Waals surface area (Å²) in [6, 6.07) is 0. The smallest absolute Gasteiger partial charge is 0.310 e. The van der Waals surface area contributed by atoms with Gasteiger partial charge in [-0.1, -0.05) is 27.7 Å². The first-order valence-corrected chi connectivity index (χ1v) is 7.36. The van der Waals surface area contributed by atoms with Gasteiger partial charge in [-0.2, -0.15) is 0 Å². The van der Waals surface area contributed by atoms with Crippen molar-refractivity contribution in [1.82, 2.24) is 10.6 Å². The van der Waals surface area contributed by atoms with Crippen LogP contribution >= 0.6 is 0 Å². The number of carboxylic acids is 1. The summed E-state index contributed by atoms with van der Waals surface area (Å²) >= 11 is 0. The number of hydrogen-bond acceptors (Lipinski definition) is 3. The van der Waals surface area contributed by atoms with E-state index in [-0.39, 0.29) is 37.1 Å². The summed E-state index contributed by atoms with van der Waals surface area (Å²) in [6.07, 6.45) is 0.109. The monoisotopic (exact) mass is 300 g/mol. The number of rotatable bonds is 9. The number of carboxylic acid groups (broad SMARTS) is 1. The molecule has 0 aromatic rings. The van der Waals surface area contributed by atoms with Crippen LogP contribution in [-0.2, 0) is 14.4 Å². The van der Waals surface area contributed by atoms with Crippen LogP contribution in [0.5, 0.6) is 0 Å². The van der Waals surface area contributed by atoms with Gasteiger partial charge in [-0.15, -0.1) is 0 Å². The van der Waals surface area contributed by atoms with Crippen molar-refractivity contribution in [3.63, 3.8) is 0 Å². The van der Waals surface area contributed by atoms with Gasteiger partial charge < -0.3 is 15.7 Å². The van der Waals surface area contributed by atoms with Crippen LogP contribution in [-0.4, -0.2) is 36.0 Å². The Morgan fingerprint density at radius 3 is 2.05 bits per heavy atom. The van der Waals surface area contributed by atoms with E-state index >= 15 is 0 Å². The highest BCUT2D eigenvalue weighted by molar-refractivity contribution is 5.85. The molecule has 6 heteroatoms. The molecular weight excluding hydrogens is 272 g/mol. The molecule has 0 bridgehead atoms. The van der Waals surface area contributed by atoms with Crippen molar-refractivity contribution in [2.24, 2.45) is 17.3 Å². The minimum absolute atomic E-state index is 0.0897. The topological polar surface area (TPSA) is 95.5 Å². The highest BCUT2D eigenvalue weighted by Crippen LogP contribution is 2.31. The van der Waals surface area contributed by atoms with Crippen molar-refractivity contribution >= 4 is 17.8 Å². The van der Waals surface area contributed by atoms with Crippen molar-refractivity contribution in [1.29, 1.82) is 0 Å². The van der Waals surface area contributed by atoms with Crippen molar-refractivity contribution in [2.45, 2.75) is 47.5 Å². The molecule has 2 amide bonds. The minimum Gasteiger partial charge on any atom is -0.481 e. The van der Waals surface area contributed by atoms with Gasteiger partial charge in [-0.3, -0.25) is 14.4 Å². The predicted molar refractivity (Wildman–Crippen MR) is 80.7 cm³/mol. The zero-order chi connectivity index (χ0) is 16.6. The molecule has 21 heavy (non-hydrogen) atoms. The first kappa shape index (κ1) is 19.4. The molecule has 0 spiro atoms. The number of amides is 2. The molecule has 0 heterocycles. The molecule has 0 aromatic carbocycles. The third kappa shape index (κ3) is 7.11. The Morgan fingerprint density at radius 1 is 1.05 bits per heavy atom. The van der Waals surface area contributed by atoms with Gasteiger partial charge >= 0.3 is 5.97 Å². The number of carbonyl (C=O) groups excluding carboxylic acids is 2. The van der Waals surface area contributed by atoms with Gasteiger partial charge in [-0.05, 0) is 18.8 Å². The van der Waals surface area contributed by atoms with Gasteiger partial charge in [0.1, 0.15) is 0 Å². The molecule has 6 nitrogen and oxygen atoms in total. The van der Waals surface area contributed by atoms with Crippen molar-refractivity contribution < 1.29 is 19.5 Å². The zero-order valence-electron chi connectivity index (χ0n) is 13.7. The summed E-state index contributed by atoms with van der Waals surface area (Å²) in [7, 11) is 0. The van der Waals surface area contributed by atoms with E-state index in [1.807, 2.05) is 13.8 Å². The third-order valence-electron chi connectivity index (χ3n) is 3.67. The van der Waals surface area contributed by atoms with Gasteiger partial charge in [0.25, 0.3) is 0 Å². The van der Waals surface area contributed by atoms with Gasteiger partial charge in [-0.25, -0.2) is 0 Å². The zero-order valence-corrected chi connectivity index (χ0v) is 13.7. The Bertz CT molecular complexity index is 380. The second kappa shape index (κ2) is 8.64. The second-order valence-corrected chi connectivity index (χ2v) is 6.35. The normalized spacial score (nSPS) is 13.9. The van der Waals surface area contributed by atoms with Crippen LogP contribution < -0.4 is 10.6 Å². The third-order valence-corrected chi connectivity index (χ3v) is 3.67. The van der Waals surface area contributed by atoms with Crippen LogP contribution in [0.4, 0.5) is 0 Å². The van der Waals surface area contributed by atoms with E-state index in [9.17, 15) is 19.5 Å². The van der Waals surface area contributed by atoms with E-state index in [2.05, 4.69) is 10.6 Å². The number of hydrogen-bond donors (Lipinski definition) is 3. The number of nitrogens with one attached hydrogen (secondary N) is 2. The fourth-order valence-corrected chi connectivity index (χ4v) is 1.64. The standard InChI is InChI=1S/C15H28N2O4/c1-10(2)9-17-12(18)6-7-16-13(19)8-15(5,11(3)4)14(20)21/h10-11H,6-9H2,1-5H3,(H,16,19)(H,17,18)(H,20,21). The maximum absolute atomic E-state index is 11.8. The molecule has 1 atom stereocenters. The molecule has 0 radical (unpaired) electrons. The summed E-state index contributed by atoms with van der Waals surface area (Å²) in [6.45, 7) is 9.95. The molecule has 122 valence electrons. The molecule has 3 N–H and O–H groups in total. The van der Waals surface area contributed by atoms with E-state index < -0.39 is 11.4 Å². The number of carbonyl (C=O) groups is 3. The lowest BCUT2D eigenvalue weighted by molar-refractivity contribution is -0.153. The molecule has 0 saturated heterocycles. The second-order valence-electron chi connectivity index (χ2n) is 6.35. The van der Waals surface area contributed by atoms with Crippen LogP contribution in [0.2, 0.25) is 0 Å². The number of aliphatic carboxylic acids is 1. The molecule has 0 rings (SSSR count). The lowest BCUT2D eigenvalue weighted by atomic mass is 9.76. The van der Waals surface area contributed by atoms with E-state index in [4.69, 9.17) is 0 Å². The van der Waals surface area contributed by atoms with E-state index in [1.165, 1.54) is 0 Å². The molecule has 0 fully saturated rings. The first-order chi connectivity index (χ1) is 9.59. The fourth-order valence-electron chi connectivity index (χ4n) is 1.64. The summed E-state index contributed by atoms with van der Waals surface area (Å²) in [5.41, 5.74) is -1.09. The van der Waals surface area contributed by atoms with E-state index in [0.29, 0.717) is 12.5 Å². The summed E-state index contributed by atoms with van der Waals surface area (Å²) in [5.74, 6) is -1.22. The summed E-state index contributed by atoms with van der Waals surface area (Å²) in [5, 5.41) is 14.6. The van der Waals surface area contributed by atoms with Crippen molar-refractivity contribution in [3.8, 4) is 0 Å². The van der Waals surface area contributed by atoms with Gasteiger partial charge in [0.2, 0.25) is 11.8 Å². The molecule has 1 unspecified atom stereocenters. The van der Waals surface area contributed by atoms with Crippen LogP contribution in [0.1, 0.15) is 47.5 Å². The predicted octanol–water partition coefficient (Wildman–Crippen LogP) is 1.40. The SMILES string of the molecule is CC(C)CNC(=O)CCNC(=O)CC(C)(C(=O)O)C(C)C. The lowest BCUT2D eigenvalue weighted by Crippen LogP contribution is -2.40. The first-order valence-electron chi connectivity index (χ1n) is 7.36. The molecular formula is C15H28N2O4. The van der Waals surface area contributed by atoms with Crippen molar-refractivity contribution in [3.05, 3.63) is 0 Å². The maximum atomic E-state index is 11.8. The quantitative estimate of drug-likeness (QED) is 0.600. The van der Waals surface area contributed by atoms with Gasteiger partial charge in [0.05, 0.1) is 5.41 Å². The highest BCUT2D eigenvalue weighted by Gasteiger charge is 2.38. The van der Waals surface area contributed by atoms with Gasteiger partial charge in [0, 0.05) is 25.9 Å². The molecule has 0 saturated carbocycles. The molecule has 0 aliphatic rings.